The first kappa shape index (κ1) is 33.6. The number of likely N-dealkylation sites (tertiary alicyclic amines) is 2. The van der Waals surface area contributed by atoms with Gasteiger partial charge in [0, 0.05) is 46.3 Å². The largest absolute Gasteiger partial charge is 0.357 e. The number of aromatic amines is 2. The van der Waals surface area contributed by atoms with Crippen molar-refractivity contribution in [1.29, 1.82) is 0 Å². The summed E-state index contributed by atoms with van der Waals surface area (Å²) in [6.45, 7) is 5.36. The molecule has 6 aliphatic rings. The average molecular weight is 701 g/mol. The molecule has 8 heteroatoms. The van der Waals surface area contributed by atoms with E-state index in [0.29, 0.717) is 36.8 Å². The van der Waals surface area contributed by atoms with Crippen molar-refractivity contribution in [3.63, 3.8) is 0 Å². The van der Waals surface area contributed by atoms with Gasteiger partial charge in [0.1, 0.15) is 0 Å². The van der Waals surface area contributed by atoms with E-state index < -0.39 is 0 Å². The Morgan fingerprint density at radius 2 is 0.962 bits per heavy atom. The molecule has 0 spiro atoms. The number of amides is 4. The van der Waals surface area contributed by atoms with Crippen LogP contribution in [0.3, 0.4) is 0 Å². The molecule has 2 aliphatic heterocycles. The number of benzene rings is 2. The Hall–Kier alpha value is -4.20. The predicted molar refractivity (Wildman–Crippen MR) is 202 cm³/mol. The summed E-state index contributed by atoms with van der Waals surface area (Å²) < 4.78 is 0. The molecule has 4 heterocycles. The Bertz CT molecular complexity index is 1910. The smallest absolute Gasteiger partial charge is 0.239 e. The number of carbonyl (C=O) groups is 4. The minimum Gasteiger partial charge on any atom is -0.357 e. The summed E-state index contributed by atoms with van der Waals surface area (Å²) in [7, 11) is 0. The van der Waals surface area contributed by atoms with E-state index in [1.54, 1.807) is 9.80 Å². The van der Waals surface area contributed by atoms with E-state index in [1.165, 1.54) is 47.6 Å². The van der Waals surface area contributed by atoms with Crippen LogP contribution in [0.25, 0.3) is 21.8 Å². The summed E-state index contributed by atoms with van der Waals surface area (Å²) in [5.41, 5.74) is 6.97. The number of para-hydroxylation sites is 2. The highest BCUT2D eigenvalue weighted by Gasteiger charge is 2.59. The van der Waals surface area contributed by atoms with Gasteiger partial charge in [0.2, 0.25) is 23.6 Å². The van der Waals surface area contributed by atoms with Gasteiger partial charge in [-0.3, -0.25) is 29.0 Å². The fourth-order valence-electron chi connectivity index (χ4n) is 11.6. The molecule has 52 heavy (non-hydrogen) atoms. The van der Waals surface area contributed by atoms with E-state index in [-0.39, 0.29) is 47.3 Å². The second kappa shape index (κ2) is 13.3. The van der Waals surface area contributed by atoms with E-state index >= 15 is 0 Å². The van der Waals surface area contributed by atoms with Gasteiger partial charge in [0.05, 0.1) is 23.7 Å². The monoisotopic (exact) mass is 700 g/mol. The Morgan fingerprint density at radius 3 is 1.38 bits per heavy atom. The molecular formula is C44H52N4O4. The van der Waals surface area contributed by atoms with Crippen LogP contribution < -0.4 is 0 Å². The quantitative estimate of drug-likeness (QED) is 0.197. The van der Waals surface area contributed by atoms with Crippen molar-refractivity contribution in [2.24, 2.45) is 23.7 Å². The Morgan fingerprint density at radius 1 is 0.558 bits per heavy atom. The van der Waals surface area contributed by atoms with Crippen LogP contribution >= 0.6 is 0 Å². The van der Waals surface area contributed by atoms with Crippen LogP contribution in [0, 0.1) is 23.7 Å². The van der Waals surface area contributed by atoms with Crippen LogP contribution in [0.1, 0.15) is 137 Å². The lowest BCUT2D eigenvalue weighted by Gasteiger charge is -2.41. The number of nitrogens with zero attached hydrogens (tertiary/aromatic N) is 2. The molecule has 272 valence electrons. The van der Waals surface area contributed by atoms with E-state index in [4.69, 9.17) is 0 Å². The number of imide groups is 2. The van der Waals surface area contributed by atoms with Crippen molar-refractivity contribution in [3.8, 4) is 0 Å². The molecule has 2 aromatic heterocycles. The van der Waals surface area contributed by atoms with E-state index in [9.17, 15) is 19.2 Å². The lowest BCUT2D eigenvalue weighted by molar-refractivity contribution is -0.141. The van der Waals surface area contributed by atoms with Gasteiger partial charge in [-0.25, -0.2) is 0 Å². The molecule has 2 saturated carbocycles. The number of aromatic nitrogens is 2. The first-order chi connectivity index (χ1) is 25.4. The normalized spacial score (nSPS) is 30.4. The van der Waals surface area contributed by atoms with Crippen LogP contribution in [-0.2, 0) is 19.2 Å². The zero-order valence-corrected chi connectivity index (χ0v) is 30.7. The lowest BCUT2D eigenvalue weighted by Crippen LogP contribution is -2.37. The molecule has 8 nitrogen and oxygen atoms in total. The van der Waals surface area contributed by atoms with Crippen molar-refractivity contribution in [2.45, 2.75) is 115 Å². The van der Waals surface area contributed by atoms with Crippen molar-refractivity contribution >= 4 is 45.4 Å². The Labute approximate surface area is 306 Å². The minimum atomic E-state index is -0.291. The molecule has 2 saturated heterocycles. The fourth-order valence-corrected chi connectivity index (χ4v) is 11.6. The molecule has 7 unspecified atom stereocenters. The number of rotatable bonds is 6. The molecule has 8 atom stereocenters. The molecule has 0 radical (unpaired) electrons. The second-order valence-corrected chi connectivity index (χ2v) is 16.5. The first-order valence-electron chi connectivity index (χ1n) is 20.4. The number of nitrogens with one attached hydrogen (secondary N) is 2. The number of H-pyrrole nitrogens is 2. The van der Waals surface area contributed by atoms with Crippen LogP contribution in [0.2, 0.25) is 0 Å². The fraction of sp³-hybridized carbons (Fsp3) is 0.545. The third-order valence-corrected chi connectivity index (χ3v) is 13.8. The van der Waals surface area contributed by atoms with E-state index in [0.717, 1.165) is 73.8 Å². The van der Waals surface area contributed by atoms with Crippen LogP contribution in [0.15, 0.2) is 48.5 Å². The zero-order valence-electron chi connectivity index (χ0n) is 30.7. The minimum absolute atomic E-state index is 0.0327. The summed E-state index contributed by atoms with van der Waals surface area (Å²) >= 11 is 0. The summed E-state index contributed by atoms with van der Waals surface area (Å²) in [5, 5.41) is 2.51. The zero-order chi connectivity index (χ0) is 35.7. The van der Waals surface area contributed by atoms with Crippen LogP contribution in [0.5, 0.6) is 0 Å². The highest BCUT2D eigenvalue weighted by atomic mass is 16.2. The molecule has 10 rings (SSSR count). The number of hydrogen-bond acceptors (Lipinski definition) is 4. The molecule has 4 aliphatic carbocycles. The summed E-state index contributed by atoms with van der Waals surface area (Å²) in [6.07, 6.45) is 13.0. The number of hydrogen-bond donors (Lipinski definition) is 2. The van der Waals surface area contributed by atoms with Gasteiger partial charge in [0.25, 0.3) is 0 Å². The van der Waals surface area contributed by atoms with E-state index in [2.05, 4.69) is 60.2 Å². The highest BCUT2D eigenvalue weighted by molar-refractivity contribution is 6.10. The maximum atomic E-state index is 13.3. The van der Waals surface area contributed by atoms with Gasteiger partial charge in [-0.15, -0.1) is 0 Å². The third kappa shape index (κ3) is 4.98. The first-order valence-corrected chi connectivity index (χ1v) is 20.4. The van der Waals surface area contributed by atoms with Gasteiger partial charge in [0.15, 0.2) is 0 Å². The predicted octanol–water partition coefficient (Wildman–Crippen LogP) is 8.65. The average Bonchev–Trinajstić information content (AvgIpc) is 3.89. The van der Waals surface area contributed by atoms with Gasteiger partial charge in [-0.1, -0.05) is 88.8 Å². The number of unbranched alkanes of at least 4 members (excludes halogenated alkanes) is 2. The molecule has 2 N–H and O–H groups in total. The third-order valence-electron chi connectivity index (χ3n) is 13.8. The molecule has 4 fully saturated rings. The Balaban J connectivity index is 0.000000138. The SMILES string of the molecule is CCCCN1C(=O)C2c3[nH]c4ccccc4c3C3CCCCC3C2C1=O.CCCCN1C(=O)C2c3[nH]c4ccccc4c3[C@@H]3CCCCC3C2C1=O. The van der Waals surface area contributed by atoms with Crippen LogP contribution in [0.4, 0.5) is 0 Å². The topological polar surface area (TPSA) is 106 Å². The van der Waals surface area contributed by atoms with Gasteiger partial charge < -0.3 is 9.97 Å². The second-order valence-electron chi connectivity index (χ2n) is 16.5. The van der Waals surface area contributed by atoms with Gasteiger partial charge in [-0.05, 0) is 85.5 Å². The molecule has 2 aromatic carbocycles. The van der Waals surface area contributed by atoms with Crippen molar-refractivity contribution in [2.75, 3.05) is 13.1 Å². The summed E-state index contributed by atoms with van der Waals surface area (Å²) in [5.74, 6) is 0.850. The highest BCUT2D eigenvalue weighted by Crippen LogP contribution is 2.58. The van der Waals surface area contributed by atoms with Gasteiger partial charge >= 0.3 is 0 Å². The number of carbonyl (C=O) groups excluding carboxylic acids is 4. The van der Waals surface area contributed by atoms with Crippen LogP contribution in [-0.4, -0.2) is 56.5 Å². The Kier molecular flexibility index (Phi) is 8.62. The standard InChI is InChI=1S/2C22H26N2O2/c2*1-2-3-12-24-21(25)18-14-9-5-4-8-13(14)17-15-10-6-7-11-16(15)23-20(17)19(18)22(24)26/h2*6-7,10-11,13-14,18-19,23H,2-5,8-9,12H2,1H3/t13-,14?,18?,19?;/m1./s1. The van der Waals surface area contributed by atoms with E-state index in [1.807, 2.05) is 12.1 Å². The van der Waals surface area contributed by atoms with Gasteiger partial charge in [-0.2, -0.15) is 0 Å². The number of fused-ring (bicyclic) bond motifs is 16. The molecular weight excluding hydrogens is 649 g/mol. The maximum Gasteiger partial charge on any atom is 0.239 e. The maximum absolute atomic E-state index is 13.3. The van der Waals surface area contributed by atoms with Crippen molar-refractivity contribution < 1.29 is 19.2 Å². The summed E-state index contributed by atoms with van der Waals surface area (Å²) in [6, 6.07) is 16.8. The molecule has 4 aromatic rings. The lowest BCUT2D eigenvalue weighted by atomic mass is 9.61. The summed E-state index contributed by atoms with van der Waals surface area (Å²) in [4.78, 5) is 63.2. The van der Waals surface area contributed by atoms with Crippen molar-refractivity contribution in [1.82, 2.24) is 19.8 Å². The van der Waals surface area contributed by atoms with Crippen molar-refractivity contribution in [3.05, 3.63) is 71.0 Å². The molecule has 4 amide bonds. The molecule has 0 bridgehead atoms.